The molecular weight excluding hydrogens is 254 g/mol. The number of rotatable bonds is 5. The number of nitrogens with two attached hydrogens (primary N) is 1. The monoisotopic (exact) mass is 279 g/mol. The van der Waals surface area contributed by atoms with Crippen LogP contribution in [0.2, 0.25) is 0 Å². The van der Waals surface area contributed by atoms with Crippen LogP contribution in [0.4, 0.5) is 5.69 Å². The predicted molar refractivity (Wildman–Crippen MR) is 79.6 cm³/mol. The third kappa shape index (κ3) is 2.54. The number of aryl methyl sites for hydroxylation is 1. The molecule has 1 aromatic heterocycles. The maximum atomic E-state index is 12.4. The third-order valence-corrected chi connectivity index (χ3v) is 4.38. The molecule has 1 fully saturated rings. The first-order chi connectivity index (χ1) is 9.40. The van der Waals surface area contributed by atoms with E-state index in [-0.39, 0.29) is 23.5 Å². The van der Waals surface area contributed by atoms with Crippen LogP contribution in [0.5, 0.6) is 0 Å². The zero-order chi connectivity index (χ0) is 14.9. The number of aromatic nitrogens is 1. The van der Waals surface area contributed by atoms with E-state index in [1.165, 1.54) is 0 Å². The highest BCUT2D eigenvalue weighted by atomic mass is 16.5. The van der Waals surface area contributed by atoms with Gasteiger partial charge in [0.25, 0.3) is 5.91 Å². The number of hydrogen-bond donors (Lipinski definition) is 2. The molecule has 5 heteroatoms. The number of hydrogen-bond acceptors (Lipinski definition) is 3. The molecule has 0 aromatic carbocycles. The Kier molecular flexibility index (Phi) is 4.09. The fraction of sp³-hybridized carbons (Fsp3) is 0.667. The van der Waals surface area contributed by atoms with Crippen LogP contribution >= 0.6 is 0 Å². The normalized spacial score (nSPS) is 24.2. The van der Waals surface area contributed by atoms with Gasteiger partial charge in [-0.2, -0.15) is 0 Å². The van der Waals surface area contributed by atoms with Crippen LogP contribution in [-0.2, 0) is 11.3 Å². The minimum Gasteiger partial charge on any atom is -0.397 e. The minimum absolute atomic E-state index is 0.0296. The summed E-state index contributed by atoms with van der Waals surface area (Å²) >= 11 is 0. The summed E-state index contributed by atoms with van der Waals surface area (Å²) in [4.78, 5) is 12.4. The Morgan fingerprint density at radius 2 is 2.30 bits per heavy atom. The molecule has 0 saturated heterocycles. The van der Waals surface area contributed by atoms with E-state index in [0.29, 0.717) is 11.4 Å². The highest BCUT2D eigenvalue weighted by Gasteiger charge is 2.49. The molecule has 0 bridgehead atoms. The smallest absolute Gasteiger partial charge is 0.268 e. The van der Waals surface area contributed by atoms with Crippen molar-refractivity contribution in [3.8, 4) is 0 Å². The largest absolute Gasteiger partial charge is 0.397 e. The Morgan fingerprint density at radius 3 is 2.85 bits per heavy atom. The van der Waals surface area contributed by atoms with E-state index >= 15 is 0 Å². The van der Waals surface area contributed by atoms with Gasteiger partial charge in [0.1, 0.15) is 5.69 Å². The molecule has 2 unspecified atom stereocenters. The first kappa shape index (κ1) is 14.9. The molecule has 1 aliphatic carbocycles. The second kappa shape index (κ2) is 5.48. The van der Waals surface area contributed by atoms with E-state index in [4.69, 9.17) is 10.5 Å². The number of ether oxygens (including phenoxy) is 1. The van der Waals surface area contributed by atoms with E-state index in [2.05, 4.69) is 26.1 Å². The Bertz CT molecular complexity index is 493. The number of nitrogens with zero attached hydrogens (tertiary/aromatic N) is 1. The number of nitrogens with one attached hydrogen (secondary N) is 1. The SMILES string of the molecule is CCCn1cc(N)cc1C(=O)NC1CC(OC)C1(C)C. The molecule has 0 aliphatic heterocycles. The van der Waals surface area contributed by atoms with Gasteiger partial charge in [-0.05, 0) is 18.9 Å². The molecule has 1 aliphatic rings. The summed E-state index contributed by atoms with van der Waals surface area (Å²) in [5.74, 6) is -0.0530. The molecule has 0 radical (unpaired) electrons. The summed E-state index contributed by atoms with van der Waals surface area (Å²) in [5, 5.41) is 3.10. The van der Waals surface area contributed by atoms with E-state index in [0.717, 1.165) is 19.4 Å². The highest BCUT2D eigenvalue weighted by Crippen LogP contribution is 2.42. The van der Waals surface area contributed by atoms with Crippen molar-refractivity contribution < 1.29 is 9.53 Å². The van der Waals surface area contributed by atoms with Crippen molar-refractivity contribution in [2.24, 2.45) is 5.41 Å². The van der Waals surface area contributed by atoms with Gasteiger partial charge in [0.2, 0.25) is 0 Å². The number of anilines is 1. The molecule has 5 nitrogen and oxygen atoms in total. The van der Waals surface area contributed by atoms with Gasteiger partial charge in [0.05, 0.1) is 11.8 Å². The van der Waals surface area contributed by atoms with Gasteiger partial charge in [-0.1, -0.05) is 20.8 Å². The number of amides is 1. The van der Waals surface area contributed by atoms with E-state index in [1.54, 1.807) is 13.2 Å². The molecular formula is C15H25N3O2. The topological polar surface area (TPSA) is 69.3 Å². The van der Waals surface area contributed by atoms with E-state index in [1.807, 2.05) is 10.8 Å². The average Bonchev–Trinajstić information content (AvgIpc) is 2.75. The first-order valence-corrected chi connectivity index (χ1v) is 7.19. The van der Waals surface area contributed by atoms with Crippen molar-refractivity contribution in [1.29, 1.82) is 0 Å². The molecule has 20 heavy (non-hydrogen) atoms. The molecule has 1 heterocycles. The molecule has 112 valence electrons. The second-order valence-electron chi connectivity index (χ2n) is 6.16. The Hall–Kier alpha value is -1.49. The Balaban J connectivity index is 2.06. The van der Waals surface area contributed by atoms with Crippen molar-refractivity contribution >= 4 is 11.6 Å². The van der Waals surface area contributed by atoms with Gasteiger partial charge in [-0.3, -0.25) is 4.79 Å². The predicted octanol–water partition coefficient (Wildman–Crippen LogP) is 2.02. The summed E-state index contributed by atoms with van der Waals surface area (Å²) in [7, 11) is 1.72. The Morgan fingerprint density at radius 1 is 1.60 bits per heavy atom. The third-order valence-electron chi connectivity index (χ3n) is 4.38. The summed E-state index contributed by atoms with van der Waals surface area (Å²) in [6.45, 7) is 7.12. The summed E-state index contributed by atoms with van der Waals surface area (Å²) in [6.07, 6.45) is 3.86. The molecule has 1 amide bonds. The van der Waals surface area contributed by atoms with Crippen LogP contribution in [0, 0.1) is 5.41 Å². The summed E-state index contributed by atoms with van der Waals surface area (Å²) < 4.78 is 7.33. The zero-order valence-corrected chi connectivity index (χ0v) is 12.8. The molecule has 3 N–H and O–H groups in total. The summed E-state index contributed by atoms with van der Waals surface area (Å²) in [6, 6.07) is 1.89. The quantitative estimate of drug-likeness (QED) is 0.866. The second-order valence-corrected chi connectivity index (χ2v) is 6.16. The molecule has 2 rings (SSSR count). The van der Waals surface area contributed by atoms with Crippen LogP contribution in [0.1, 0.15) is 44.1 Å². The van der Waals surface area contributed by atoms with Crippen LogP contribution in [-0.4, -0.2) is 29.7 Å². The van der Waals surface area contributed by atoms with Crippen LogP contribution in [0.25, 0.3) is 0 Å². The van der Waals surface area contributed by atoms with Crippen LogP contribution < -0.4 is 11.1 Å². The zero-order valence-electron chi connectivity index (χ0n) is 12.8. The Labute approximate surface area is 120 Å². The van der Waals surface area contributed by atoms with Crippen molar-refractivity contribution in [2.75, 3.05) is 12.8 Å². The van der Waals surface area contributed by atoms with Crippen molar-refractivity contribution in [3.05, 3.63) is 18.0 Å². The fourth-order valence-corrected chi connectivity index (χ4v) is 2.91. The van der Waals surface area contributed by atoms with Crippen molar-refractivity contribution in [1.82, 2.24) is 9.88 Å². The van der Waals surface area contributed by atoms with Gasteiger partial charge < -0.3 is 20.4 Å². The van der Waals surface area contributed by atoms with Gasteiger partial charge in [0, 0.05) is 31.3 Å². The number of carbonyl (C=O) groups is 1. The molecule has 0 spiro atoms. The average molecular weight is 279 g/mol. The lowest BCUT2D eigenvalue weighted by atomic mass is 9.64. The van der Waals surface area contributed by atoms with E-state index < -0.39 is 0 Å². The number of nitrogen functional groups attached to an aromatic ring is 1. The molecule has 1 aromatic rings. The van der Waals surface area contributed by atoms with Crippen LogP contribution in [0.3, 0.4) is 0 Å². The number of carbonyl (C=O) groups excluding carboxylic acids is 1. The number of methoxy groups -OCH3 is 1. The maximum absolute atomic E-state index is 12.4. The van der Waals surface area contributed by atoms with Gasteiger partial charge in [-0.15, -0.1) is 0 Å². The standard InChI is InChI=1S/C15H25N3O2/c1-5-6-18-9-10(16)7-11(18)14(19)17-12-8-13(20-4)15(12,2)3/h7,9,12-13H,5-6,8,16H2,1-4H3,(H,17,19). The van der Waals surface area contributed by atoms with Gasteiger partial charge in [0.15, 0.2) is 0 Å². The first-order valence-electron chi connectivity index (χ1n) is 7.19. The lowest BCUT2D eigenvalue weighted by molar-refractivity contribution is -0.0943. The van der Waals surface area contributed by atoms with Gasteiger partial charge in [-0.25, -0.2) is 0 Å². The minimum atomic E-state index is -0.0530. The summed E-state index contributed by atoms with van der Waals surface area (Å²) in [5.41, 5.74) is 7.04. The van der Waals surface area contributed by atoms with E-state index in [9.17, 15) is 4.79 Å². The molecule has 1 saturated carbocycles. The lowest BCUT2D eigenvalue weighted by Crippen LogP contribution is -2.61. The van der Waals surface area contributed by atoms with Crippen LogP contribution in [0.15, 0.2) is 12.3 Å². The molecule has 2 atom stereocenters. The van der Waals surface area contributed by atoms with Crippen molar-refractivity contribution in [2.45, 2.75) is 52.3 Å². The van der Waals surface area contributed by atoms with Crippen molar-refractivity contribution in [3.63, 3.8) is 0 Å². The fourth-order valence-electron chi connectivity index (χ4n) is 2.91. The van der Waals surface area contributed by atoms with Gasteiger partial charge >= 0.3 is 0 Å². The highest BCUT2D eigenvalue weighted by molar-refractivity contribution is 5.94. The lowest BCUT2D eigenvalue weighted by Gasteiger charge is -2.51. The maximum Gasteiger partial charge on any atom is 0.268 e.